The van der Waals surface area contributed by atoms with Crippen LogP contribution in [-0.4, -0.2) is 69.2 Å². The number of nitrogens with zero attached hydrogens (tertiary/aromatic N) is 7. The van der Waals surface area contributed by atoms with Crippen LogP contribution in [0.3, 0.4) is 0 Å². The molecule has 14 heteroatoms. The molecular weight excluding hydrogens is 500 g/mol. The number of imidazole rings is 1. The highest BCUT2D eigenvalue weighted by Gasteiger charge is 2.31. The maximum Gasteiger partial charge on any atom is 0.407 e. The highest BCUT2D eigenvalue weighted by molar-refractivity contribution is 6.36. The number of nitrogens with one attached hydrogen (secondary N) is 3. The predicted molar refractivity (Wildman–Crippen MR) is 134 cm³/mol. The number of fused-ring (bicyclic) bond motifs is 1. The van der Waals surface area contributed by atoms with Gasteiger partial charge in [-0.15, -0.1) is 5.10 Å². The molecular formula is C23H23ClN10O3. The second-order valence-corrected chi connectivity index (χ2v) is 9.21. The van der Waals surface area contributed by atoms with E-state index in [2.05, 4.69) is 47.9 Å². The number of anilines is 4. The molecule has 1 aliphatic carbocycles. The van der Waals surface area contributed by atoms with Gasteiger partial charge >= 0.3 is 6.09 Å². The zero-order valence-electron chi connectivity index (χ0n) is 19.8. The van der Waals surface area contributed by atoms with Gasteiger partial charge in [-0.25, -0.2) is 9.78 Å². The first-order valence-electron chi connectivity index (χ1n) is 11.6. The van der Waals surface area contributed by atoms with E-state index in [1.54, 1.807) is 12.1 Å². The van der Waals surface area contributed by atoms with Gasteiger partial charge in [-0.2, -0.15) is 20.0 Å². The van der Waals surface area contributed by atoms with Crippen LogP contribution in [0.25, 0.3) is 5.65 Å². The number of aliphatic hydroxyl groups excluding tert-OH is 1. The zero-order chi connectivity index (χ0) is 26.1. The van der Waals surface area contributed by atoms with Gasteiger partial charge in [-0.1, -0.05) is 11.6 Å². The molecule has 13 nitrogen and oxygen atoms in total. The van der Waals surface area contributed by atoms with E-state index in [4.69, 9.17) is 11.6 Å². The number of hydrogen-bond donors (Lipinski definition) is 4. The Labute approximate surface area is 216 Å². The van der Waals surface area contributed by atoms with Crippen LogP contribution >= 0.6 is 11.6 Å². The van der Waals surface area contributed by atoms with Crippen LogP contribution in [-0.2, 0) is 4.74 Å². The van der Waals surface area contributed by atoms with Gasteiger partial charge in [0.1, 0.15) is 6.07 Å². The summed E-state index contributed by atoms with van der Waals surface area (Å²) < 4.78 is 6.06. The molecule has 1 saturated carbocycles. The Hall–Kier alpha value is -4.33. The third kappa shape index (κ3) is 5.00. The molecule has 2 aliphatic rings. The number of ether oxygens (including phenoxy) is 1. The minimum Gasteiger partial charge on any atom is -0.453 e. The lowest BCUT2D eigenvalue weighted by atomic mass is 10.0. The number of carbonyl (C=O) groups excluding carboxylic acids is 1. The lowest BCUT2D eigenvalue weighted by molar-refractivity contribution is 0.0987. The molecule has 4 N–H and O–H groups in total. The second-order valence-electron chi connectivity index (χ2n) is 8.83. The molecule has 3 heterocycles. The van der Waals surface area contributed by atoms with Crippen molar-refractivity contribution in [3.63, 3.8) is 0 Å². The molecule has 0 unspecified atom stereocenters. The molecule has 37 heavy (non-hydrogen) atoms. The Kier molecular flexibility index (Phi) is 6.56. The first kappa shape index (κ1) is 24.4. The Morgan fingerprint density at radius 2 is 2.08 bits per heavy atom. The molecule has 1 amide bonds. The number of halogens is 1. The van der Waals surface area contributed by atoms with E-state index in [0.717, 1.165) is 12.8 Å². The van der Waals surface area contributed by atoms with E-state index in [-0.39, 0.29) is 24.2 Å². The van der Waals surface area contributed by atoms with E-state index < -0.39 is 18.2 Å². The molecule has 0 bridgehead atoms. The van der Waals surface area contributed by atoms with Crippen LogP contribution < -0.4 is 20.9 Å². The van der Waals surface area contributed by atoms with Gasteiger partial charge in [0.15, 0.2) is 17.2 Å². The third-order valence-corrected chi connectivity index (χ3v) is 6.63. The normalized spacial score (nSPS) is 19.1. The second kappa shape index (κ2) is 9.97. The van der Waals surface area contributed by atoms with Gasteiger partial charge in [-0.3, -0.25) is 0 Å². The van der Waals surface area contributed by atoms with E-state index >= 15 is 0 Å². The van der Waals surface area contributed by atoms with Gasteiger partial charge in [0.05, 0.1) is 53.5 Å². The summed E-state index contributed by atoms with van der Waals surface area (Å²) in [5.74, 6) is 0.642. The maximum absolute atomic E-state index is 11.7. The molecule has 0 radical (unpaired) electrons. The minimum absolute atomic E-state index is 0.160. The number of carbonyl (C=O) groups is 1. The summed E-state index contributed by atoms with van der Waals surface area (Å²) in [4.78, 5) is 22.4. The molecule has 1 aromatic carbocycles. The Balaban J connectivity index is 1.49. The zero-order valence-corrected chi connectivity index (χ0v) is 20.5. The van der Waals surface area contributed by atoms with Gasteiger partial charge < -0.3 is 30.7 Å². The first-order chi connectivity index (χ1) is 17.9. The summed E-state index contributed by atoms with van der Waals surface area (Å²) in [6.45, 7) is 0.704. The van der Waals surface area contributed by atoms with E-state index in [1.165, 1.54) is 17.8 Å². The fourth-order valence-electron chi connectivity index (χ4n) is 4.15. The smallest absolute Gasteiger partial charge is 0.407 e. The molecule has 3 aromatic rings. The van der Waals surface area contributed by atoms with Crippen molar-refractivity contribution in [3.05, 3.63) is 34.6 Å². The number of amides is 1. The number of methoxy groups -OCH3 is 1. The number of nitriles is 2. The number of benzene rings is 1. The van der Waals surface area contributed by atoms with Crippen molar-refractivity contribution in [2.24, 2.45) is 0 Å². The van der Waals surface area contributed by atoms with Crippen molar-refractivity contribution < 1.29 is 14.6 Å². The van der Waals surface area contributed by atoms with Crippen molar-refractivity contribution in [2.75, 3.05) is 35.7 Å². The van der Waals surface area contributed by atoms with Crippen LogP contribution in [0.15, 0.2) is 18.3 Å². The largest absolute Gasteiger partial charge is 0.453 e. The third-order valence-electron chi connectivity index (χ3n) is 6.23. The summed E-state index contributed by atoms with van der Waals surface area (Å²) in [6.07, 6.45) is 2.42. The van der Waals surface area contributed by atoms with E-state index in [9.17, 15) is 20.4 Å². The fraction of sp³-hybridized carbons (Fsp3) is 0.391. The Morgan fingerprint density at radius 1 is 1.27 bits per heavy atom. The van der Waals surface area contributed by atoms with Gasteiger partial charge in [0, 0.05) is 19.1 Å². The van der Waals surface area contributed by atoms with E-state index in [1.807, 2.05) is 4.90 Å². The lowest BCUT2D eigenvalue weighted by Gasteiger charge is -2.38. The SMILES string of the molecule is COC(=O)N[C@@H]1CN(c2cc(C#N)cc(Nc3nc(NC4CC4)c4ncc(C#N)n4n3)c2Cl)CC[C@H]1O. The number of alkyl carbamates (subject to hydrolysis) is 1. The molecule has 2 atom stereocenters. The van der Waals surface area contributed by atoms with Crippen LogP contribution in [0.4, 0.5) is 27.9 Å². The lowest BCUT2D eigenvalue weighted by Crippen LogP contribution is -2.55. The maximum atomic E-state index is 11.7. The highest BCUT2D eigenvalue weighted by Crippen LogP contribution is 2.37. The molecule has 1 saturated heterocycles. The fourth-order valence-corrected chi connectivity index (χ4v) is 4.43. The summed E-state index contributed by atoms with van der Waals surface area (Å²) in [5.41, 5.74) is 1.94. The summed E-state index contributed by atoms with van der Waals surface area (Å²) in [6, 6.07) is 7.12. The number of piperidine rings is 1. The highest BCUT2D eigenvalue weighted by atomic mass is 35.5. The van der Waals surface area contributed by atoms with Crippen LogP contribution in [0.1, 0.15) is 30.5 Å². The topological polar surface area (TPSA) is 177 Å². The molecule has 0 spiro atoms. The Morgan fingerprint density at radius 3 is 2.78 bits per heavy atom. The van der Waals surface area contributed by atoms with Gasteiger partial charge in [-0.05, 0) is 31.4 Å². The molecule has 2 fully saturated rings. The van der Waals surface area contributed by atoms with Crippen molar-refractivity contribution in [1.82, 2.24) is 24.9 Å². The monoisotopic (exact) mass is 522 g/mol. The van der Waals surface area contributed by atoms with Crippen molar-refractivity contribution >= 4 is 46.5 Å². The van der Waals surface area contributed by atoms with Crippen molar-refractivity contribution in [2.45, 2.75) is 37.5 Å². The van der Waals surface area contributed by atoms with Gasteiger partial charge in [0.2, 0.25) is 5.95 Å². The quantitative estimate of drug-likeness (QED) is 0.373. The predicted octanol–water partition coefficient (Wildman–Crippen LogP) is 2.13. The van der Waals surface area contributed by atoms with Crippen LogP contribution in [0.5, 0.6) is 0 Å². The molecule has 1 aliphatic heterocycles. The average Bonchev–Trinajstić information content (AvgIpc) is 3.62. The molecule has 190 valence electrons. The average molecular weight is 523 g/mol. The van der Waals surface area contributed by atoms with Crippen molar-refractivity contribution in [1.29, 1.82) is 10.5 Å². The first-order valence-corrected chi connectivity index (χ1v) is 12.0. The molecule has 5 rings (SSSR count). The number of aromatic nitrogens is 4. The Bertz CT molecular complexity index is 1440. The number of rotatable bonds is 6. The minimum atomic E-state index is -0.757. The molecule has 2 aromatic heterocycles. The summed E-state index contributed by atoms with van der Waals surface area (Å²) in [7, 11) is 1.25. The summed E-state index contributed by atoms with van der Waals surface area (Å²) in [5, 5.41) is 43.2. The van der Waals surface area contributed by atoms with Crippen molar-refractivity contribution in [3.8, 4) is 12.1 Å². The van der Waals surface area contributed by atoms with E-state index in [0.29, 0.717) is 46.4 Å². The number of hydrogen-bond acceptors (Lipinski definition) is 11. The van der Waals surface area contributed by atoms with Crippen LogP contribution in [0.2, 0.25) is 5.02 Å². The number of aliphatic hydroxyl groups is 1. The van der Waals surface area contributed by atoms with Gasteiger partial charge in [0.25, 0.3) is 0 Å². The summed E-state index contributed by atoms with van der Waals surface area (Å²) >= 11 is 6.80. The van der Waals surface area contributed by atoms with Crippen LogP contribution in [0, 0.1) is 22.7 Å². The standard InChI is InChI=1S/C23H23ClN10O3/c1-37-23(36)30-16-11-33(5-4-18(16)35)17-7-12(8-25)6-15(19(17)24)29-22-31-20(28-13-2-3-13)21-27-10-14(9-26)34(21)32-22/h6-7,10,13,16,18,35H,2-5,11H2,1H3,(H,30,36)(H2,28,29,31,32)/t16-,18-/m1/s1.